The van der Waals surface area contributed by atoms with Crippen LogP contribution in [0.4, 0.5) is 0 Å². The number of hydrogen-bond acceptors (Lipinski definition) is 1. The summed E-state index contributed by atoms with van der Waals surface area (Å²) < 4.78 is 6.67. The van der Waals surface area contributed by atoms with Crippen LogP contribution in [-0.2, 0) is 5.41 Å². The van der Waals surface area contributed by atoms with Crippen molar-refractivity contribution in [3.8, 4) is 33.4 Å². The SMILES string of the molecule is c1ccc(C2(c3ccccc3)c3cc(-c4cccc5oc6c7ccccc7ccc6c45)ccc3-c3ccc4c(-c5ccc6ccccc6c5)cccc4c32)cc1. The van der Waals surface area contributed by atoms with Crippen LogP contribution in [0.3, 0.4) is 0 Å². The third-order valence-corrected chi connectivity index (χ3v) is 12.3. The van der Waals surface area contributed by atoms with E-state index in [0.717, 1.165) is 27.3 Å². The summed E-state index contributed by atoms with van der Waals surface area (Å²) in [5, 5.41) is 9.65. The highest BCUT2D eigenvalue weighted by atomic mass is 16.3. The average molecular weight is 711 g/mol. The molecule has 260 valence electrons. The fourth-order valence-corrected chi connectivity index (χ4v) is 9.92. The molecule has 1 heterocycles. The van der Waals surface area contributed by atoms with E-state index in [1.165, 1.54) is 82.6 Å². The highest BCUT2D eigenvalue weighted by molar-refractivity contribution is 6.19. The van der Waals surface area contributed by atoms with Crippen molar-refractivity contribution in [1.82, 2.24) is 0 Å². The number of benzene rings is 10. The first-order valence-electron chi connectivity index (χ1n) is 19.4. The Balaban J connectivity index is 1.16. The molecule has 0 fully saturated rings. The van der Waals surface area contributed by atoms with Gasteiger partial charge in [0.25, 0.3) is 0 Å². The van der Waals surface area contributed by atoms with Crippen LogP contribution in [0.15, 0.2) is 211 Å². The molecular formula is C55H34O. The summed E-state index contributed by atoms with van der Waals surface area (Å²) in [5.74, 6) is 0. The van der Waals surface area contributed by atoms with Gasteiger partial charge in [0.05, 0.1) is 5.41 Å². The molecule has 0 unspecified atom stereocenters. The number of fused-ring (bicyclic) bond motifs is 11. The first-order valence-corrected chi connectivity index (χ1v) is 19.4. The fraction of sp³-hybridized carbons (Fsp3) is 0.0182. The Kier molecular flexibility index (Phi) is 6.62. The van der Waals surface area contributed by atoms with Gasteiger partial charge in [0, 0.05) is 16.2 Å². The van der Waals surface area contributed by atoms with Crippen LogP contribution >= 0.6 is 0 Å². The van der Waals surface area contributed by atoms with E-state index in [1.807, 2.05) is 0 Å². The molecular weight excluding hydrogens is 677 g/mol. The molecule has 11 aromatic rings. The zero-order valence-corrected chi connectivity index (χ0v) is 30.5. The number of hydrogen-bond donors (Lipinski definition) is 0. The van der Waals surface area contributed by atoms with Gasteiger partial charge in [-0.2, -0.15) is 0 Å². The van der Waals surface area contributed by atoms with E-state index in [2.05, 4.69) is 206 Å². The molecule has 0 amide bonds. The Labute approximate surface area is 324 Å². The Hall–Kier alpha value is -7.22. The van der Waals surface area contributed by atoms with Crippen molar-refractivity contribution in [3.05, 3.63) is 229 Å². The monoisotopic (exact) mass is 710 g/mol. The van der Waals surface area contributed by atoms with Gasteiger partial charge in [0.2, 0.25) is 0 Å². The molecule has 1 aromatic heterocycles. The maximum atomic E-state index is 6.67. The van der Waals surface area contributed by atoms with Gasteiger partial charge in [-0.1, -0.05) is 182 Å². The van der Waals surface area contributed by atoms with Crippen molar-refractivity contribution < 1.29 is 4.42 Å². The van der Waals surface area contributed by atoms with Gasteiger partial charge >= 0.3 is 0 Å². The normalized spacial score (nSPS) is 13.1. The van der Waals surface area contributed by atoms with E-state index >= 15 is 0 Å². The molecule has 0 saturated heterocycles. The zero-order chi connectivity index (χ0) is 36.8. The number of rotatable bonds is 4. The predicted molar refractivity (Wildman–Crippen MR) is 234 cm³/mol. The molecule has 0 N–H and O–H groups in total. The highest BCUT2D eigenvalue weighted by Crippen LogP contribution is 2.59. The van der Waals surface area contributed by atoms with Crippen molar-refractivity contribution in [2.24, 2.45) is 0 Å². The van der Waals surface area contributed by atoms with E-state index in [9.17, 15) is 0 Å². The minimum atomic E-state index is -0.576. The topological polar surface area (TPSA) is 13.1 Å². The second kappa shape index (κ2) is 11.9. The maximum absolute atomic E-state index is 6.67. The van der Waals surface area contributed by atoms with Crippen molar-refractivity contribution in [1.29, 1.82) is 0 Å². The predicted octanol–water partition coefficient (Wildman–Crippen LogP) is 14.7. The smallest absolute Gasteiger partial charge is 0.143 e. The van der Waals surface area contributed by atoms with Gasteiger partial charge in [-0.3, -0.25) is 0 Å². The van der Waals surface area contributed by atoms with E-state index in [-0.39, 0.29) is 0 Å². The quantitative estimate of drug-likeness (QED) is 0.177. The van der Waals surface area contributed by atoms with Crippen molar-refractivity contribution in [2.45, 2.75) is 5.41 Å². The molecule has 1 nitrogen and oxygen atoms in total. The summed E-state index contributed by atoms with van der Waals surface area (Å²) in [6.45, 7) is 0. The fourth-order valence-electron chi connectivity index (χ4n) is 9.92. The van der Waals surface area contributed by atoms with Gasteiger partial charge in [-0.25, -0.2) is 0 Å². The van der Waals surface area contributed by atoms with Crippen molar-refractivity contribution >= 4 is 54.3 Å². The first-order chi connectivity index (χ1) is 27.8. The first kappa shape index (κ1) is 31.2. The van der Waals surface area contributed by atoms with Crippen LogP contribution in [0.1, 0.15) is 22.3 Å². The minimum absolute atomic E-state index is 0.576. The second-order valence-corrected chi connectivity index (χ2v) is 15.1. The van der Waals surface area contributed by atoms with E-state index < -0.39 is 5.41 Å². The highest BCUT2D eigenvalue weighted by Gasteiger charge is 2.47. The zero-order valence-electron chi connectivity index (χ0n) is 30.5. The molecule has 56 heavy (non-hydrogen) atoms. The maximum Gasteiger partial charge on any atom is 0.143 e. The van der Waals surface area contributed by atoms with Gasteiger partial charge in [0.1, 0.15) is 11.2 Å². The lowest BCUT2D eigenvalue weighted by Gasteiger charge is -2.35. The third-order valence-electron chi connectivity index (χ3n) is 12.3. The summed E-state index contributed by atoms with van der Waals surface area (Å²) in [7, 11) is 0. The van der Waals surface area contributed by atoms with Gasteiger partial charge < -0.3 is 4.42 Å². The third kappa shape index (κ3) is 4.31. The lowest BCUT2D eigenvalue weighted by Crippen LogP contribution is -2.29. The Morgan fingerprint density at radius 2 is 0.946 bits per heavy atom. The molecule has 0 aliphatic heterocycles. The lowest BCUT2D eigenvalue weighted by atomic mass is 9.66. The van der Waals surface area contributed by atoms with E-state index in [1.54, 1.807) is 0 Å². The van der Waals surface area contributed by atoms with Crippen molar-refractivity contribution in [3.63, 3.8) is 0 Å². The summed E-state index contributed by atoms with van der Waals surface area (Å²) in [5.41, 5.74) is 13.8. The van der Waals surface area contributed by atoms with Crippen LogP contribution in [-0.4, -0.2) is 0 Å². The molecule has 1 aliphatic rings. The molecule has 0 saturated carbocycles. The van der Waals surface area contributed by atoms with E-state index in [4.69, 9.17) is 4.42 Å². The Morgan fingerprint density at radius 1 is 0.339 bits per heavy atom. The van der Waals surface area contributed by atoms with Crippen molar-refractivity contribution in [2.75, 3.05) is 0 Å². The van der Waals surface area contributed by atoms with Crippen LogP contribution in [0, 0.1) is 0 Å². The molecule has 0 bridgehead atoms. The largest absolute Gasteiger partial charge is 0.455 e. The second-order valence-electron chi connectivity index (χ2n) is 15.1. The molecule has 1 aliphatic carbocycles. The summed E-state index contributed by atoms with van der Waals surface area (Å²) in [6.07, 6.45) is 0. The summed E-state index contributed by atoms with van der Waals surface area (Å²) in [6, 6.07) is 76.0. The molecule has 1 heteroatoms. The standard InChI is InChI=1S/C55H34O/c1-3-16-40(17-4-1)55(41-18-5-2-6-19-41)50-34-39(43-22-12-24-51-52(43)49-30-27-36-14-9-10-20-44(36)54(49)56-51)28-29-46(50)48-32-31-45-42(21-11-23-47(45)53(48)55)38-26-25-35-13-7-8-15-37(35)33-38/h1-34H. The number of furan rings is 1. The van der Waals surface area contributed by atoms with Crippen LogP contribution in [0.2, 0.25) is 0 Å². The van der Waals surface area contributed by atoms with E-state index in [0.29, 0.717) is 0 Å². The molecule has 0 spiro atoms. The summed E-state index contributed by atoms with van der Waals surface area (Å²) in [4.78, 5) is 0. The molecule has 0 atom stereocenters. The van der Waals surface area contributed by atoms with Crippen LogP contribution in [0.25, 0.3) is 87.6 Å². The Morgan fingerprint density at radius 3 is 1.77 bits per heavy atom. The Bertz CT molecular complexity index is 3310. The lowest BCUT2D eigenvalue weighted by molar-refractivity contribution is 0.673. The van der Waals surface area contributed by atoms with Gasteiger partial charge in [-0.05, 0) is 107 Å². The minimum Gasteiger partial charge on any atom is -0.455 e. The molecule has 12 rings (SSSR count). The van der Waals surface area contributed by atoms with Gasteiger partial charge in [-0.15, -0.1) is 0 Å². The van der Waals surface area contributed by atoms with Crippen LogP contribution < -0.4 is 0 Å². The summed E-state index contributed by atoms with van der Waals surface area (Å²) >= 11 is 0. The average Bonchev–Trinajstić information content (AvgIpc) is 3.81. The molecule has 10 aromatic carbocycles. The molecule has 0 radical (unpaired) electrons. The van der Waals surface area contributed by atoms with Gasteiger partial charge in [0.15, 0.2) is 0 Å². The van der Waals surface area contributed by atoms with Crippen LogP contribution in [0.5, 0.6) is 0 Å².